The van der Waals surface area contributed by atoms with Gasteiger partial charge in [-0.1, -0.05) is 27.7 Å². The lowest BCUT2D eigenvalue weighted by atomic mass is 9.79. The molecule has 5 heteroatoms. The molecule has 1 saturated carbocycles. The number of rotatable bonds is 10. The molecule has 2 fully saturated rings. The highest BCUT2D eigenvalue weighted by Crippen LogP contribution is 2.43. The van der Waals surface area contributed by atoms with Crippen LogP contribution >= 0.6 is 0 Å². The van der Waals surface area contributed by atoms with E-state index in [0.29, 0.717) is 37.9 Å². The predicted octanol–water partition coefficient (Wildman–Crippen LogP) is 3.74. The fourth-order valence-corrected chi connectivity index (χ4v) is 3.49. The summed E-state index contributed by atoms with van der Waals surface area (Å²) in [7, 11) is 0. The third-order valence-corrected chi connectivity index (χ3v) is 5.09. The van der Waals surface area contributed by atoms with Gasteiger partial charge in [0.05, 0.1) is 37.3 Å². The number of esters is 2. The Morgan fingerprint density at radius 2 is 1.24 bits per heavy atom. The standard InChI is InChI=1S/C20H34O5/c1-13(2)7-5-9-23-19(21)15-11-17-18(25-17)12-16(15)20(22)24-10-6-8-14(3)4/h13-18H,5-12H2,1-4H3. The van der Waals surface area contributed by atoms with Crippen molar-refractivity contribution >= 4 is 11.9 Å². The van der Waals surface area contributed by atoms with Crippen molar-refractivity contribution in [1.82, 2.24) is 0 Å². The summed E-state index contributed by atoms with van der Waals surface area (Å²) < 4.78 is 16.4. The average molecular weight is 354 g/mol. The maximum absolute atomic E-state index is 12.5. The second-order valence-corrected chi connectivity index (χ2v) is 8.30. The second kappa shape index (κ2) is 9.56. The van der Waals surface area contributed by atoms with E-state index in [1.807, 2.05) is 0 Å². The quantitative estimate of drug-likeness (QED) is 0.340. The van der Waals surface area contributed by atoms with Crippen LogP contribution in [0.15, 0.2) is 0 Å². The third-order valence-electron chi connectivity index (χ3n) is 5.09. The molecule has 0 aromatic rings. The van der Waals surface area contributed by atoms with Crippen molar-refractivity contribution in [3.8, 4) is 0 Å². The molecular formula is C20H34O5. The van der Waals surface area contributed by atoms with Crippen molar-refractivity contribution in [2.45, 2.75) is 78.4 Å². The van der Waals surface area contributed by atoms with Gasteiger partial charge < -0.3 is 14.2 Å². The van der Waals surface area contributed by atoms with Crippen LogP contribution in [-0.4, -0.2) is 37.4 Å². The molecule has 0 aromatic carbocycles. The highest BCUT2D eigenvalue weighted by Gasteiger charge is 2.53. The first-order chi connectivity index (χ1) is 11.9. The van der Waals surface area contributed by atoms with Crippen molar-refractivity contribution in [1.29, 1.82) is 0 Å². The third kappa shape index (κ3) is 6.61. The van der Waals surface area contributed by atoms with Gasteiger partial charge in [-0.2, -0.15) is 0 Å². The molecule has 2 aliphatic rings. The number of epoxide rings is 1. The molecule has 144 valence electrons. The molecule has 0 aromatic heterocycles. The van der Waals surface area contributed by atoms with E-state index in [1.165, 1.54) is 0 Å². The lowest BCUT2D eigenvalue weighted by Crippen LogP contribution is -2.37. The van der Waals surface area contributed by atoms with Crippen LogP contribution in [0, 0.1) is 23.7 Å². The Labute approximate surface area is 151 Å². The van der Waals surface area contributed by atoms with Gasteiger partial charge in [0.15, 0.2) is 0 Å². The first kappa shape index (κ1) is 20.2. The maximum Gasteiger partial charge on any atom is 0.309 e. The summed E-state index contributed by atoms with van der Waals surface area (Å²) in [6.45, 7) is 9.46. The van der Waals surface area contributed by atoms with Crippen LogP contribution < -0.4 is 0 Å². The molecule has 0 radical (unpaired) electrons. The first-order valence-electron chi connectivity index (χ1n) is 9.87. The monoisotopic (exact) mass is 354 g/mol. The molecule has 25 heavy (non-hydrogen) atoms. The van der Waals surface area contributed by atoms with Crippen molar-refractivity contribution in [3.63, 3.8) is 0 Å². The average Bonchev–Trinajstić information content (AvgIpc) is 3.32. The number of hydrogen-bond acceptors (Lipinski definition) is 5. The van der Waals surface area contributed by atoms with E-state index in [-0.39, 0.29) is 24.1 Å². The smallest absolute Gasteiger partial charge is 0.309 e. The zero-order valence-electron chi connectivity index (χ0n) is 16.2. The Hall–Kier alpha value is -1.10. The van der Waals surface area contributed by atoms with E-state index < -0.39 is 11.8 Å². The summed E-state index contributed by atoms with van der Waals surface area (Å²) in [4.78, 5) is 24.9. The Kier molecular flexibility index (Phi) is 7.73. The zero-order chi connectivity index (χ0) is 18.4. The number of hydrogen-bond donors (Lipinski definition) is 0. The number of carbonyl (C=O) groups is 2. The van der Waals surface area contributed by atoms with Gasteiger partial charge in [-0.15, -0.1) is 0 Å². The second-order valence-electron chi connectivity index (χ2n) is 8.30. The summed E-state index contributed by atoms with van der Waals surface area (Å²) in [5, 5.41) is 0. The van der Waals surface area contributed by atoms with Gasteiger partial charge in [0.2, 0.25) is 0 Å². The predicted molar refractivity (Wildman–Crippen MR) is 94.9 cm³/mol. The molecule has 4 atom stereocenters. The minimum absolute atomic E-state index is 0.123. The number of ether oxygens (including phenoxy) is 3. The van der Waals surface area contributed by atoms with Crippen LogP contribution in [0.3, 0.4) is 0 Å². The van der Waals surface area contributed by atoms with Crippen molar-refractivity contribution in [2.24, 2.45) is 23.7 Å². The number of carbonyl (C=O) groups excluding carboxylic acids is 2. The molecule has 1 aliphatic heterocycles. The molecule has 0 spiro atoms. The minimum Gasteiger partial charge on any atom is -0.465 e. The van der Waals surface area contributed by atoms with Crippen molar-refractivity contribution in [3.05, 3.63) is 0 Å². The van der Waals surface area contributed by atoms with Gasteiger partial charge in [0.25, 0.3) is 0 Å². The van der Waals surface area contributed by atoms with Crippen LogP contribution in [0.25, 0.3) is 0 Å². The molecule has 0 bridgehead atoms. The van der Waals surface area contributed by atoms with Crippen LogP contribution in [0.2, 0.25) is 0 Å². The summed E-state index contributed by atoms with van der Waals surface area (Å²) >= 11 is 0. The van der Waals surface area contributed by atoms with Crippen molar-refractivity contribution < 1.29 is 23.8 Å². The zero-order valence-corrected chi connectivity index (χ0v) is 16.2. The van der Waals surface area contributed by atoms with E-state index in [4.69, 9.17) is 14.2 Å². The Morgan fingerprint density at radius 3 is 1.60 bits per heavy atom. The van der Waals surface area contributed by atoms with E-state index in [0.717, 1.165) is 25.7 Å². The molecule has 4 unspecified atom stereocenters. The molecular weight excluding hydrogens is 320 g/mol. The molecule has 5 nitrogen and oxygen atoms in total. The van der Waals surface area contributed by atoms with E-state index in [9.17, 15) is 9.59 Å². The van der Waals surface area contributed by atoms with Gasteiger partial charge in [-0.25, -0.2) is 0 Å². The Bertz CT molecular complexity index is 405. The van der Waals surface area contributed by atoms with Crippen LogP contribution in [-0.2, 0) is 23.8 Å². The largest absolute Gasteiger partial charge is 0.465 e. The molecule has 1 aliphatic carbocycles. The van der Waals surface area contributed by atoms with Gasteiger partial charge in [0.1, 0.15) is 0 Å². The summed E-state index contributed by atoms with van der Waals surface area (Å²) in [6.07, 6.45) is 5.21. The van der Waals surface area contributed by atoms with Crippen molar-refractivity contribution in [2.75, 3.05) is 13.2 Å². The first-order valence-corrected chi connectivity index (χ1v) is 9.87. The number of fused-ring (bicyclic) bond motifs is 1. The Morgan fingerprint density at radius 1 is 0.840 bits per heavy atom. The molecule has 1 heterocycles. The molecule has 0 N–H and O–H groups in total. The maximum atomic E-state index is 12.5. The lowest BCUT2D eigenvalue weighted by Gasteiger charge is -2.26. The Balaban J connectivity index is 1.79. The lowest BCUT2D eigenvalue weighted by molar-refractivity contribution is -0.162. The van der Waals surface area contributed by atoms with Crippen LogP contribution in [0.4, 0.5) is 0 Å². The van der Waals surface area contributed by atoms with E-state index >= 15 is 0 Å². The van der Waals surface area contributed by atoms with E-state index in [1.54, 1.807) is 0 Å². The topological polar surface area (TPSA) is 65.1 Å². The highest BCUT2D eigenvalue weighted by atomic mass is 16.6. The fraction of sp³-hybridized carbons (Fsp3) is 0.900. The van der Waals surface area contributed by atoms with Gasteiger partial charge >= 0.3 is 11.9 Å². The summed E-state index contributed by atoms with van der Waals surface area (Å²) in [5.74, 6) is -0.158. The SMILES string of the molecule is CC(C)CCCOC(=O)C1CC2OC2CC1C(=O)OCCCC(C)C. The minimum atomic E-state index is -0.416. The van der Waals surface area contributed by atoms with Crippen LogP contribution in [0.1, 0.15) is 66.2 Å². The normalized spacial score (nSPS) is 27.9. The molecule has 0 amide bonds. The van der Waals surface area contributed by atoms with Gasteiger partial charge in [-0.05, 0) is 50.4 Å². The van der Waals surface area contributed by atoms with E-state index in [2.05, 4.69) is 27.7 Å². The summed E-state index contributed by atoms with van der Waals surface area (Å²) in [5.41, 5.74) is 0. The molecule has 1 saturated heterocycles. The van der Waals surface area contributed by atoms with Crippen LogP contribution in [0.5, 0.6) is 0 Å². The fourth-order valence-electron chi connectivity index (χ4n) is 3.49. The van der Waals surface area contributed by atoms with Gasteiger partial charge in [0, 0.05) is 0 Å². The summed E-state index contributed by atoms with van der Waals surface area (Å²) in [6, 6.07) is 0. The molecule has 2 rings (SSSR count). The highest BCUT2D eigenvalue weighted by molar-refractivity contribution is 5.82. The van der Waals surface area contributed by atoms with Gasteiger partial charge in [-0.3, -0.25) is 9.59 Å².